The molecule has 1 nitrogen and oxygen atoms in total. The Kier molecular flexibility index (Phi) is 6.16. The van der Waals surface area contributed by atoms with E-state index in [1.165, 1.54) is 38.5 Å². The van der Waals surface area contributed by atoms with Gasteiger partial charge in [0.2, 0.25) is 0 Å². The number of hydrogen-bond acceptors (Lipinski definition) is 1. The molecule has 0 saturated heterocycles. The van der Waals surface area contributed by atoms with Gasteiger partial charge in [0.15, 0.2) is 0 Å². The molecule has 0 spiro atoms. The third-order valence-electron chi connectivity index (χ3n) is 4.65. The second-order valence-electron chi connectivity index (χ2n) is 6.33. The van der Waals surface area contributed by atoms with Crippen molar-refractivity contribution in [3.63, 3.8) is 0 Å². The lowest BCUT2D eigenvalue weighted by molar-refractivity contribution is 0.353. The van der Waals surface area contributed by atoms with Crippen LogP contribution in [0.3, 0.4) is 0 Å². The summed E-state index contributed by atoms with van der Waals surface area (Å²) in [5.74, 6) is -0.222. The molecule has 1 aromatic rings. The van der Waals surface area contributed by atoms with Crippen LogP contribution in [-0.2, 0) is 0 Å². The predicted octanol–water partition coefficient (Wildman–Crippen LogP) is 5.28. The second kappa shape index (κ2) is 7.88. The topological polar surface area (TPSA) is 12.0 Å². The maximum Gasteiger partial charge on any atom is 0.130 e. The summed E-state index contributed by atoms with van der Waals surface area (Å²) < 4.78 is 27.6. The molecular formula is C18H27F2N. The fraction of sp³-hybridized carbons (Fsp3) is 0.667. The highest BCUT2D eigenvalue weighted by atomic mass is 19.1. The van der Waals surface area contributed by atoms with Crippen molar-refractivity contribution in [2.24, 2.45) is 5.92 Å². The van der Waals surface area contributed by atoms with Crippen molar-refractivity contribution in [1.82, 2.24) is 5.32 Å². The molecule has 0 aromatic heterocycles. The minimum absolute atomic E-state index is 0.00241. The highest BCUT2D eigenvalue weighted by Gasteiger charge is 2.22. The normalized spacial score (nSPS) is 18.5. The summed E-state index contributed by atoms with van der Waals surface area (Å²) in [7, 11) is 0. The van der Waals surface area contributed by atoms with Crippen molar-refractivity contribution < 1.29 is 8.78 Å². The lowest BCUT2D eigenvalue weighted by atomic mass is 9.89. The Morgan fingerprint density at radius 3 is 2.38 bits per heavy atom. The standard InChI is InChI=1S/C18H27F2N/c1-3-21-18(11-14-8-6-4-5-7-9-14)15-10-13(2)16(19)12-17(15)20/h10,12,14,18,21H,3-9,11H2,1-2H3. The molecule has 1 aliphatic carbocycles. The third-order valence-corrected chi connectivity index (χ3v) is 4.65. The molecule has 118 valence electrons. The van der Waals surface area contributed by atoms with Gasteiger partial charge < -0.3 is 5.32 Å². The van der Waals surface area contributed by atoms with Crippen LogP contribution in [0.5, 0.6) is 0 Å². The Bertz CT molecular complexity index is 451. The first kappa shape index (κ1) is 16.4. The van der Waals surface area contributed by atoms with Crippen LogP contribution >= 0.6 is 0 Å². The fourth-order valence-corrected chi connectivity index (χ4v) is 3.45. The quantitative estimate of drug-likeness (QED) is 0.728. The summed E-state index contributed by atoms with van der Waals surface area (Å²) in [6.07, 6.45) is 8.66. The summed E-state index contributed by atoms with van der Waals surface area (Å²) in [5.41, 5.74) is 1.15. The van der Waals surface area contributed by atoms with E-state index in [4.69, 9.17) is 0 Å². The highest BCUT2D eigenvalue weighted by molar-refractivity contribution is 5.28. The van der Waals surface area contributed by atoms with Gasteiger partial charge in [0.05, 0.1) is 0 Å². The molecular weight excluding hydrogens is 268 g/mol. The first-order valence-electron chi connectivity index (χ1n) is 8.30. The van der Waals surface area contributed by atoms with Gasteiger partial charge >= 0.3 is 0 Å². The Morgan fingerprint density at radius 1 is 1.10 bits per heavy atom. The molecule has 1 aromatic carbocycles. The van der Waals surface area contributed by atoms with Crippen molar-refractivity contribution in [3.05, 3.63) is 34.9 Å². The van der Waals surface area contributed by atoms with Crippen LogP contribution < -0.4 is 5.32 Å². The lowest BCUT2D eigenvalue weighted by Crippen LogP contribution is -2.24. The molecule has 0 radical (unpaired) electrons. The second-order valence-corrected chi connectivity index (χ2v) is 6.33. The molecule has 0 aliphatic heterocycles. The summed E-state index contributed by atoms with van der Waals surface area (Å²) in [6.45, 7) is 4.54. The maximum absolute atomic E-state index is 14.2. The van der Waals surface area contributed by atoms with Crippen LogP contribution in [-0.4, -0.2) is 6.54 Å². The van der Waals surface area contributed by atoms with Gasteiger partial charge in [0.25, 0.3) is 0 Å². The zero-order valence-corrected chi connectivity index (χ0v) is 13.2. The average molecular weight is 295 g/mol. The monoisotopic (exact) mass is 295 g/mol. The number of nitrogens with one attached hydrogen (secondary N) is 1. The molecule has 1 N–H and O–H groups in total. The number of hydrogen-bond donors (Lipinski definition) is 1. The minimum Gasteiger partial charge on any atom is -0.310 e. The van der Waals surface area contributed by atoms with Gasteiger partial charge in [-0.05, 0) is 37.4 Å². The Hall–Kier alpha value is -0.960. The molecule has 1 fully saturated rings. The van der Waals surface area contributed by atoms with Gasteiger partial charge in [-0.3, -0.25) is 0 Å². The fourth-order valence-electron chi connectivity index (χ4n) is 3.45. The number of benzene rings is 1. The molecule has 0 bridgehead atoms. The first-order chi connectivity index (χ1) is 10.1. The lowest BCUT2D eigenvalue weighted by Gasteiger charge is -2.24. The Labute approximate surface area is 127 Å². The van der Waals surface area contributed by atoms with Crippen molar-refractivity contribution in [3.8, 4) is 0 Å². The molecule has 1 atom stereocenters. The number of rotatable bonds is 5. The van der Waals surface area contributed by atoms with Crippen LogP contribution in [0.15, 0.2) is 12.1 Å². The predicted molar refractivity (Wildman–Crippen MR) is 83.3 cm³/mol. The van der Waals surface area contributed by atoms with E-state index in [1.807, 2.05) is 6.92 Å². The van der Waals surface area contributed by atoms with E-state index >= 15 is 0 Å². The molecule has 3 heteroatoms. The zero-order chi connectivity index (χ0) is 15.2. The number of halogens is 2. The summed E-state index contributed by atoms with van der Waals surface area (Å²) in [5, 5.41) is 3.39. The molecule has 0 heterocycles. The van der Waals surface area contributed by atoms with Crippen molar-refractivity contribution >= 4 is 0 Å². The Morgan fingerprint density at radius 2 is 1.76 bits per heavy atom. The summed E-state index contributed by atoms with van der Waals surface area (Å²) in [4.78, 5) is 0. The van der Waals surface area contributed by atoms with Gasteiger partial charge in [-0.25, -0.2) is 8.78 Å². The highest BCUT2D eigenvalue weighted by Crippen LogP contribution is 2.32. The first-order valence-corrected chi connectivity index (χ1v) is 8.30. The summed E-state index contributed by atoms with van der Waals surface area (Å²) in [6, 6.07) is 2.70. The van der Waals surface area contributed by atoms with Crippen LogP contribution in [0.2, 0.25) is 0 Å². The summed E-state index contributed by atoms with van der Waals surface area (Å²) >= 11 is 0. The van der Waals surface area contributed by atoms with E-state index in [9.17, 15) is 8.78 Å². The van der Waals surface area contributed by atoms with Gasteiger partial charge in [-0.1, -0.05) is 45.4 Å². The largest absolute Gasteiger partial charge is 0.310 e. The molecule has 21 heavy (non-hydrogen) atoms. The number of aryl methyl sites for hydroxylation is 1. The zero-order valence-electron chi connectivity index (χ0n) is 13.2. The smallest absolute Gasteiger partial charge is 0.130 e. The van der Waals surface area contributed by atoms with E-state index in [0.717, 1.165) is 19.0 Å². The molecule has 0 amide bonds. The SMILES string of the molecule is CCNC(CC1CCCCCC1)c1cc(C)c(F)cc1F. The van der Waals surface area contributed by atoms with Gasteiger partial charge in [0, 0.05) is 17.7 Å². The maximum atomic E-state index is 14.2. The van der Waals surface area contributed by atoms with Gasteiger partial charge in [-0.15, -0.1) is 0 Å². The minimum atomic E-state index is -0.457. The van der Waals surface area contributed by atoms with Crippen LogP contribution in [0.25, 0.3) is 0 Å². The van der Waals surface area contributed by atoms with Gasteiger partial charge in [-0.2, -0.15) is 0 Å². The van der Waals surface area contributed by atoms with E-state index in [-0.39, 0.29) is 6.04 Å². The van der Waals surface area contributed by atoms with E-state index in [2.05, 4.69) is 5.32 Å². The Balaban J connectivity index is 2.15. The third kappa shape index (κ3) is 4.50. The van der Waals surface area contributed by atoms with E-state index in [0.29, 0.717) is 17.0 Å². The van der Waals surface area contributed by atoms with Crippen molar-refractivity contribution in [2.45, 2.75) is 64.8 Å². The molecule has 2 rings (SSSR count). The molecule has 1 unspecified atom stereocenters. The van der Waals surface area contributed by atoms with E-state index < -0.39 is 11.6 Å². The van der Waals surface area contributed by atoms with Gasteiger partial charge in [0.1, 0.15) is 11.6 Å². The van der Waals surface area contributed by atoms with E-state index in [1.54, 1.807) is 13.0 Å². The van der Waals surface area contributed by atoms with Crippen LogP contribution in [0, 0.1) is 24.5 Å². The van der Waals surface area contributed by atoms with Crippen molar-refractivity contribution in [2.75, 3.05) is 6.54 Å². The molecule has 1 saturated carbocycles. The van der Waals surface area contributed by atoms with Crippen LogP contribution in [0.1, 0.15) is 69.0 Å². The molecule has 1 aliphatic rings. The average Bonchev–Trinajstić information content (AvgIpc) is 2.71. The van der Waals surface area contributed by atoms with Crippen LogP contribution in [0.4, 0.5) is 8.78 Å². The van der Waals surface area contributed by atoms with Crippen molar-refractivity contribution in [1.29, 1.82) is 0 Å².